The van der Waals surface area contributed by atoms with Gasteiger partial charge in [-0.25, -0.2) is 0 Å². The molecule has 0 spiro atoms. The van der Waals surface area contributed by atoms with Gasteiger partial charge in [-0.2, -0.15) is 0 Å². The van der Waals surface area contributed by atoms with Crippen molar-refractivity contribution in [2.75, 3.05) is 19.8 Å². The number of amides is 1. The van der Waals surface area contributed by atoms with Gasteiger partial charge in [-0.1, -0.05) is 6.42 Å². The predicted molar refractivity (Wildman–Crippen MR) is 72.7 cm³/mol. The summed E-state index contributed by atoms with van der Waals surface area (Å²) >= 11 is 5.90. The Morgan fingerprint density at radius 3 is 2.95 bits per heavy atom. The second kappa shape index (κ2) is 5.76. The topological polar surface area (TPSA) is 62.9 Å². The summed E-state index contributed by atoms with van der Waals surface area (Å²) in [4.78, 5) is 14.4. The quantitative estimate of drug-likeness (QED) is 0.906. The average Bonchev–Trinajstić information content (AvgIpc) is 3.06. The van der Waals surface area contributed by atoms with Gasteiger partial charge >= 0.3 is 0 Å². The van der Waals surface area contributed by atoms with Crippen molar-refractivity contribution in [3.8, 4) is 0 Å². The van der Waals surface area contributed by atoms with Crippen LogP contribution >= 0.6 is 11.6 Å². The van der Waals surface area contributed by atoms with E-state index in [2.05, 4.69) is 0 Å². The number of hydrogen-bond acceptors (Lipinski definition) is 4. The zero-order chi connectivity index (χ0) is 14.1. The fourth-order valence-electron chi connectivity index (χ4n) is 3.25. The van der Waals surface area contributed by atoms with Crippen LogP contribution in [0.2, 0.25) is 5.22 Å². The molecule has 1 aliphatic carbocycles. The molecule has 2 fully saturated rings. The lowest BCUT2D eigenvalue weighted by atomic mass is 9.94. The predicted octanol–water partition coefficient (Wildman–Crippen LogP) is 1.94. The molecule has 5 nitrogen and oxygen atoms in total. The van der Waals surface area contributed by atoms with Gasteiger partial charge in [0.2, 0.25) is 5.22 Å². The number of aliphatic hydroxyl groups is 1. The molecular weight excluding hydrogens is 282 g/mol. The number of morpholine rings is 1. The van der Waals surface area contributed by atoms with Crippen LogP contribution in [0.25, 0.3) is 0 Å². The van der Waals surface area contributed by atoms with Gasteiger partial charge in [0.15, 0.2) is 0 Å². The van der Waals surface area contributed by atoms with Crippen molar-refractivity contribution in [3.63, 3.8) is 0 Å². The van der Waals surface area contributed by atoms with Crippen LogP contribution in [0.4, 0.5) is 0 Å². The largest absolute Gasteiger partial charge is 0.452 e. The summed E-state index contributed by atoms with van der Waals surface area (Å²) in [6.45, 7) is 1.51. The zero-order valence-electron chi connectivity index (χ0n) is 11.1. The highest BCUT2D eigenvalue weighted by molar-refractivity contribution is 6.32. The minimum Gasteiger partial charge on any atom is -0.452 e. The molecule has 6 heteroatoms. The Bertz CT molecular complexity index is 489. The maximum atomic E-state index is 12.6. The first-order valence-corrected chi connectivity index (χ1v) is 7.36. The summed E-state index contributed by atoms with van der Waals surface area (Å²) in [6.07, 6.45) is 3.79. The normalized spacial score (nSPS) is 30.7. The lowest BCUT2D eigenvalue weighted by Crippen LogP contribution is -2.53. The summed E-state index contributed by atoms with van der Waals surface area (Å²) in [5, 5.41) is 10.2. The number of ether oxygens (including phenoxy) is 1. The van der Waals surface area contributed by atoms with Crippen LogP contribution in [0, 0.1) is 5.92 Å². The van der Waals surface area contributed by atoms with Crippen molar-refractivity contribution < 1.29 is 19.1 Å². The molecule has 1 aromatic rings. The number of carbonyl (C=O) groups excluding carboxylic acids is 1. The molecule has 1 saturated heterocycles. The lowest BCUT2D eigenvalue weighted by Gasteiger charge is -2.40. The SMILES string of the molecule is O=C(c1ccoc1Cl)N1CCOCC1C1CCCC1O. The van der Waals surface area contributed by atoms with Gasteiger partial charge in [0.25, 0.3) is 5.91 Å². The first kappa shape index (κ1) is 13.9. The molecule has 110 valence electrons. The second-order valence-electron chi connectivity index (χ2n) is 5.41. The smallest absolute Gasteiger partial charge is 0.259 e. The fourth-order valence-corrected chi connectivity index (χ4v) is 3.44. The monoisotopic (exact) mass is 299 g/mol. The molecule has 1 saturated carbocycles. The Morgan fingerprint density at radius 1 is 1.45 bits per heavy atom. The third kappa shape index (κ3) is 2.45. The minimum absolute atomic E-state index is 0.0836. The molecule has 1 aliphatic heterocycles. The summed E-state index contributed by atoms with van der Waals surface area (Å²) in [6, 6.07) is 1.50. The van der Waals surface area contributed by atoms with Crippen molar-refractivity contribution in [1.82, 2.24) is 4.90 Å². The van der Waals surface area contributed by atoms with Crippen LogP contribution in [-0.4, -0.2) is 47.8 Å². The van der Waals surface area contributed by atoms with Crippen LogP contribution in [0.1, 0.15) is 29.6 Å². The van der Waals surface area contributed by atoms with Gasteiger partial charge in [0.05, 0.1) is 37.2 Å². The van der Waals surface area contributed by atoms with E-state index in [9.17, 15) is 9.90 Å². The molecule has 2 aliphatic rings. The molecular formula is C14H18ClNO4. The van der Waals surface area contributed by atoms with Gasteiger partial charge < -0.3 is 19.2 Å². The summed E-state index contributed by atoms with van der Waals surface area (Å²) in [7, 11) is 0. The zero-order valence-corrected chi connectivity index (χ0v) is 11.9. The molecule has 1 aromatic heterocycles. The Balaban J connectivity index is 1.82. The van der Waals surface area contributed by atoms with Crippen LogP contribution < -0.4 is 0 Å². The van der Waals surface area contributed by atoms with Gasteiger partial charge in [-0.3, -0.25) is 4.79 Å². The summed E-state index contributed by atoms with van der Waals surface area (Å²) in [5.41, 5.74) is 0.381. The van der Waals surface area contributed by atoms with E-state index < -0.39 is 0 Å². The van der Waals surface area contributed by atoms with Gasteiger partial charge in [0.1, 0.15) is 0 Å². The highest BCUT2D eigenvalue weighted by atomic mass is 35.5. The van der Waals surface area contributed by atoms with Gasteiger partial charge in [0, 0.05) is 12.5 Å². The number of halogens is 1. The number of nitrogens with zero attached hydrogens (tertiary/aromatic N) is 1. The van der Waals surface area contributed by atoms with E-state index in [0.29, 0.717) is 25.3 Å². The van der Waals surface area contributed by atoms with Crippen molar-refractivity contribution in [3.05, 3.63) is 23.1 Å². The molecule has 3 unspecified atom stereocenters. The highest BCUT2D eigenvalue weighted by Crippen LogP contribution is 2.33. The van der Waals surface area contributed by atoms with Crippen molar-refractivity contribution in [1.29, 1.82) is 0 Å². The van der Waals surface area contributed by atoms with Gasteiger partial charge in [-0.15, -0.1) is 0 Å². The molecule has 1 N–H and O–H groups in total. The fraction of sp³-hybridized carbons (Fsp3) is 0.643. The highest BCUT2D eigenvalue weighted by Gasteiger charge is 2.40. The second-order valence-corrected chi connectivity index (χ2v) is 5.75. The van der Waals surface area contributed by atoms with Crippen molar-refractivity contribution in [2.45, 2.75) is 31.4 Å². The van der Waals surface area contributed by atoms with E-state index in [0.717, 1.165) is 19.3 Å². The number of aliphatic hydroxyl groups excluding tert-OH is 1. The Morgan fingerprint density at radius 2 is 2.30 bits per heavy atom. The molecule has 2 heterocycles. The lowest BCUT2D eigenvalue weighted by molar-refractivity contribution is -0.0383. The van der Waals surface area contributed by atoms with Crippen LogP contribution in [0.15, 0.2) is 16.7 Å². The Kier molecular flexibility index (Phi) is 4.01. The molecule has 3 atom stereocenters. The Labute approximate surface area is 122 Å². The standard InChI is InChI=1S/C14H18ClNO4/c15-13-10(4-6-20-13)14(18)16-5-7-19-8-11(16)9-2-1-3-12(9)17/h4,6,9,11-12,17H,1-3,5,7-8H2. The van der Waals surface area contributed by atoms with Crippen LogP contribution in [0.5, 0.6) is 0 Å². The third-order valence-corrected chi connectivity index (χ3v) is 4.59. The number of furan rings is 1. The van der Waals surface area contributed by atoms with Crippen LogP contribution in [0.3, 0.4) is 0 Å². The van der Waals surface area contributed by atoms with E-state index in [1.807, 2.05) is 0 Å². The molecule has 0 aromatic carbocycles. The molecule has 20 heavy (non-hydrogen) atoms. The molecule has 0 radical (unpaired) electrons. The van der Waals surface area contributed by atoms with Crippen molar-refractivity contribution >= 4 is 17.5 Å². The number of rotatable bonds is 2. The summed E-state index contributed by atoms with van der Waals surface area (Å²) in [5.74, 6) is -0.0546. The average molecular weight is 300 g/mol. The van der Waals surface area contributed by atoms with E-state index in [-0.39, 0.29) is 29.2 Å². The molecule has 1 amide bonds. The maximum absolute atomic E-state index is 12.6. The first-order chi connectivity index (χ1) is 9.68. The minimum atomic E-state index is -0.350. The third-order valence-electron chi connectivity index (χ3n) is 4.30. The summed E-state index contributed by atoms with van der Waals surface area (Å²) < 4.78 is 10.5. The van der Waals surface area contributed by atoms with E-state index >= 15 is 0 Å². The number of carbonyl (C=O) groups is 1. The first-order valence-electron chi connectivity index (χ1n) is 6.98. The van der Waals surface area contributed by atoms with E-state index in [4.69, 9.17) is 20.8 Å². The molecule has 3 rings (SSSR count). The maximum Gasteiger partial charge on any atom is 0.259 e. The number of hydrogen-bond donors (Lipinski definition) is 1. The Hall–Kier alpha value is -1.04. The van der Waals surface area contributed by atoms with E-state index in [1.54, 1.807) is 11.0 Å². The van der Waals surface area contributed by atoms with Gasteiger partial charge in [-0.05, 0) is 30.5 Å². The van der Waals surface area contributed by atoms with Crippen molar-refractivity contribution in [2.24, 2.45) is 5.92 Å². The molecule has 0 bridgehead atoms. The van der Waals surface area contributed by atoms with E-state index in [1.165, 1.54) is 6.26 Å². The van der Waals surface area contributed by atoms with Crippen LogP contribution in [-0.2, 0) is 4.74 Å².